The molecule has 0 bridgehead atoms. The number of carbonyl (C=O) groups is 1. The van der Waals surface area contributed by atoms with Crippen molar-refractivity contribution >= 4 is 5.97 Å². The number of aliphatic hydroxyl groups is 2. The van der Waals surface area contributed by atoms with Gasteiger partial charge in [-0.2, -0.15) is 52.7 Å². The van der Waals surface area contributed by atoms with Crippen LogP contribution in [-0.4, -0.2) is 58.2 Å². The second kappa shape index (κ2) is 9.45. The number of alkyl halides is 12. The van der Waals surface area contributed by atoms with E-state index >= 15 is 0 Å². The Hall–Kier alpha value is -1.45. The van der Waals surface area contributed by atoms with Crippen molar-refractivity contribution < 1.29 is 72.4 Å². The van der Waals surface area contributed by atoms with Crippen LogP contribution in [0.5, 0.6) is 0 Å². The summed E-state index contributed by atoms with van der Waals surface area (Å²) in [6.07, 6.45) is -34.0. The van der Waals surface area contributed by atoms with Gasteiger partial charge in [-0.05, 0) is 39.0 Å². The van der Waals surface area contributed by atoms with Gasteiger partial charge >= 0.3 is 30.7 Å². The maximum absolute atomic E-state index is 13.4. The Morgan fingerprint density at radius 2 is 0.971 bits per heavy atom. The summed E-state index contributed by atoms with van der Waals surface area (Å²) in [5.74, 6) is -8.02. The Bertz CT molecular complexity index is 675. The molecule has 16 heteroatoms. The van der Waals surface area contributed by atoms with E-state index in [1.54, 1.807) is 0 Å². The molecule has 0 heterocycles. The molecule has 1 rings (SSSR count). The Balaban J connectivity index is 3.70. The highest BCUT2D eigenvalue weighted by Crippen LogP contribution is 2.58. The molecule has 0 aliphatic heterocycles. The van der Waals surface area contributed by atoms with Gasteiger partial charge in [0, 0.05) is 11.8 Å². The molecular weight excluding hydrogens is 520 g/mol. The predicted octanol–water partition coefficient (Wildman–Crippen LogP) is 5.85. The highest BCUT2D eigenvalue weighted by molar-refractivity contribution is 5.76. The fourth-order valence-corrected chi connectivity index (χ4v) is 4.12. The van der Waals surface area contributed by atoms with E-state index in [9.17, 15) is 67.7 Å². The van der Waals surface area contributed by atoms with Crippen LogP contribution >= 0.6 is 0 Å². The minimum Gasteiger partial charge on any atom is -0.462 e. The smallest absolute Gasteiger partial charge is 0.426 e. The van der Waals surface area contributed by atoms with Gasteiger partial charge in [0.2, 0.25) is 0 Å². The van der Waals surface area contributed by atoms with Crippen LogP contribution in [0.3, 0.4) is 0 Å². The van der Waals surface area contributed by atoms with E-state index in [0.717, 1.165) is 0 Å². The predicted molar refractivity (Wildman–Crippen MR) is 93.5 cm³/mol. The van der Waals surface area contributed by atoms with Crippen LogP contribution in [0.2, 0.25) is 0 Å². The average Bonchev–Trinajstić information content (AvgIpc) is 2.68. The molecule has 0 spiro atoms. The Morgan fingerprint density at radius 3 is 1.20 bits per heavy atom. The van der Waals surface area contributed by atoms with Gasteiger partial charge in [0.05, 0.1) is 5.41 Å². The molecular formula is C19H24F12O4. The van der Waals surface area contributed by atoms with Crippen molar-refractivity contribution in [2.45, 2.75) is 94.9 Å². The third-order valence-corrected chi connectivity index (χ3v) is 6.90. The third kappa shape index (κ3) is 5.47. The molecule has 0 radical (unpaired) electrons. The van der Waals surface area contributed by atoms with Crippen molar-refractivity contribution in [2.24, 2.45) is 17.3 Å². The number of ether oxygens (including phenoxy) is 1. The summed E-state index contributed by atoms with van der Waals surface area (Å²) in [6.45, 7) is 4.14. The lowest BCUT2D eigenvalue weighted by atomic mass is 9.65. The molecule has 1 aliphatic rings. The SMILES string of the molecule is CCC(C)(CC)C(=O)OC1CC(C(O)(C(F)(F)F)C(F)(F)F)CC(C(O)(C(F)(F)F)C(F)(F)F)C1. The van der Waals surface area contributed by atoms with Gasteiger partial charge in [0.15, 0.2) is 0 Å². The molecule has 0 aromatic rings. The van der Waals surface area contributed by atoms with Gasteiger partial charge in [-0.15, -0.1) is 0 Å². The van der Waals surface area contributed by atoms with Crippen molar-refractivity contribution in [1.29, 1.82) is 0 Å². The van der Waals surface area contributed by atoms with Gasteiger partial charge in [0.25, 0.3) is 11.2 Å². The molecule has 4 nitrogen and oxygen atoms in total. The first kappa shape index (κ1) is 31.6. The number of hydrogen-bond acceptors (Lipinski definition) is 4. The third-order valence-electron chi connectivity index (χ3n) is 6.90. The van der Waals surface area contributed by atoms with E-state index in [1.165, 1.54) is 20.8 Å². The summed E-state index contributed by atoms with van der Waals surface area (Å²) in [5, 5.41) is 19.3. The zero-order valence-electron chi connectivity index (χ0n) is 18.5. The summed E-state index contributed by atoms with van der Waals surface area (Å²) >= 11 is 0. The molecule has 208 valence electrons. The molecule has 0 amide bonds. The van der Waals surface area contributed by atoms with E-state index in [0.29, 0.717) is 0 Å². The van der Waals surface area contributed by atoms with Crippen molar-refractivity contribution in [1.82, 2.24) is 0 Å². The van der Waals surface area contributed by atoms with Gasteiger partial charge in [-0.3, -0.25) is 4.79 Å². The van der Waals surface area contributed by atoms with Gasteiger partial charge in [0.1, 0.15) is 6.10 Å². The lowest BCUT2D eigenvalue weighted by Crippen LogP contribution is -2.67. The summed E-state index contributed by atoms with van der Waals surface area (Å²) in [7, 11) is 0. The minimum absolute atomic E-state index is 0.00594. The van der Waals surface area contributed by atoms with E-state index in [-0.39, 0.29) is 12.8 Å². The first-order valence-corrected chi connectivity index (χ1v) is 10.3. The minimum atomic E-state index is -6.58. The number of rotatable bonds is 6. The van der Waals surface area contributed by atoms with E-state index in [1.807, 2.05) is 0 Å². The highest BCUT2D eigenvalue weighted by atomic mass is 19.4. The maximum atomic E-state index is 13.4. The second-order valence-electron chi connectivity index (χ2n) is 8.92. The lowest BCUT2D eigenvalue weighted by molar-refractivity contribution is -0.405. The van der Waals surface area contributed by atoms with E-state index in [2.05, 4.69) is 0 Å². The fraction of sp³-hybridized carbons (Fsp3) is 0.947. The highest BCUT2D eigenvalue weighted by Gasteiger charge is 2.78. The number of halogens is 12. The monoisotopic (exact) mass is 544 g/mol. The molecule has 2 unspecified atom stereocenters. The first-order valence-electron chi connectivity index (χ1n) is 10.3. The van der Waals surface area contributed by atoms with Gasteiger partial charge < -0.3 is 14.9 Å². The van der Waals surface area contributed by atoms with Gasteiger partial charge in [-0.25, -0.2) is 0 Å². The van der Waals surface area contributed by atoms with Crippen LogP contribution in [0, 0.1) is 17.3 Å². The van der Waals surface area contributed by atoms with Crippen molar-refractivity contribution in [2.75, 3.05) is 0 Å². The molecule has 1 fully saturated rings. The Morgan fingerprint density at radius 1 is 0.686 bits per heavy atom. The van der Waals surface area contributed by atoms with Crippen molar-refractivity contribution in [3.63, 3.8) is 0 Å². The summed E-state index contributed by atoms with van der Waals surface area (Å²) < 4.78 is 165. The maximum Gasteiger partial charge on any atom is 0.426 e. The van der Waals surface area contributed by atoms with Crippen LogP contribution in [0.4, 0.5) is 52.7 Å². The molecule has 35 heavy (non-hydrogen) atoms. The summed E-state index contributed by atoms with van der Waals surface area (Å²) in [4.78, 5) is 12.5. The van der Waals surface area contributed by atoms with Crippen molar-refractivity contribution in [3.05, 3.63) is 0 Å². The Labute approximate surface area is 191 Å². The van der Waals surface area contributed by atoms with Crippen LogP contribution in [-0.2, 0) is 9.53 Å². The van der Waals surface area contributed by atoms with Crippen molar-refractivity contribution in [3.8, 4) is 0 Å². The standard InChI is InChI=1S/C19H24F12O4/c1-4-13(3,5-2)12(32)35-11-7-9(14(33,16(20,21)22)17(23,24)25)6-10(8-11)15(34,18(26,27)28)19(29,30)31/h9-11,33-34H,4-8H2,1-3H3. The normalized spacial score (nSPS) is 23.9. The van der Waals surface area contributed by atoms with Gasteiger partial charge in [-0.1, -0.05) is 13.8 Å². The number of esters is 1. The van der Waals surface area contributed by atoms with E-state index < -0.39 is 84.5 Å². The molecule has 0 aromatic heterocycles. The zero-order chi connectivity index (χ0) is 28.1. The summed E-state index contributed by atoms with van der Waals surface area (Å²) in [5.41, 5.74) is -12.9. The molecule has 0 aromatic carbocycles. The Kier molecular flexibility index (Phi) is 8.53. The zero-order valence-corrected chi connectivity index (χ0v) is 18.5. The topological polar surface area (TPSA) is 66.8 Å². The van der Waals surface area contributed by atoms with Crippen LogP contribution in [0.25, 0.3) is 0 Å². The quantitative estimate of drug-likeness (QED) is 0.325. The van der Waals surface area contributed by atoms with Crippen LogP contribution < -0.4 is 0 Å². The summed E-state index contributed by atoms with van der Waals surface area (Å²) in [6, 6.07) is 0. The molecule has 2 N–H and O–H groups in total. The molecule has 1 aliphatic carbocycles. The number of carbonyl (C=O) groups excluding carboxylic acids is 1. The van der Waals surface area contributed by atoms with Crippen LogP contribution in [0.15, 0.2) is 0 Å². The molecule has 2 atom stereocenters. The largest absolute Gasteiger partial charge is 0.462 e. The lowest BCUT2D eigenvalue weighted by Gasteiger charge is -2.48. The molecule has 1 saturated carbocycles. The average molecular weight is 544 g/mol. The first-order chi connectivity index (χ1) is 15.3. The number of hydrogen-bond donors (Lipinski definition) is 2. The second-order valence-corrected chi connectivity index (χ2v) is 8.92. The fourth-order valence-electron chi connectivity index (χ4n) is 4.12. The van der Waals surface area contributed by atoms with Crippen LogP contribution in [0.1, 0.15) is 52.9 Å². The molecule has 0 saturated heterocycles. The van der Waals surface area contributed by atoms with E-state index in [4.69, 9.17) is 4.74 Å².